The van der Waals surface area contributed by atoms with Crippen LogP contribution in [0.25, 0.3) is 0 Å². The van der Waals surface area contributed by atoms with Crippen molar-refractivity contribution in [3.05, 3.63) is 130 Å². The van der Waals surface area contributed by atoms with Gasteiger partial charge in [0.15, 0.2) is 0 Å². The zero-order valence-corrected chi connectivity index (χ0v) is 28.5. The predicted molar refractivity (Wildman–Crippen MR) is 188 cm³/mol. The van der Waals surface area contributed by atoms with Crippen molar-refractivity contribution in [2.24, 2.45) is 0 Å². The van der Waals surface area contributed by atoms with E-state index in [2.05, 4.69) is 5.32 Å². The molecule has 0 aromatic heterocycles. The molecule has 5 rings (SSSR count). The third-order valence-electron chi connectivity index (χ3n) is 8.75. The smallest absolute Gasteiger partial charge is 0.264 e. The minimum absolute atomic E-state index is 0.0250. The lowest BCUT2D eigenvalue weighted by Crippen LogP contribution is -2.55. The Morgan fingerprint density at radius 1 is 0.851 bits per heavy atom. The number of carbonyl (C=O) groups is 2. The number of aryl methyl sites for hydroxylation is 2. The van der Waals surface area contributed by atoms with Crippen molar-refractivity contribution in [3.8, 4) is 0 Å². The first-order valence-corrected chi connectivity index (χ1v) is 18.0. The largest absolute Gasteiger partial charge is 0.352 e. The van der Waals surface area contributed by atoms with Gasteiger partial charge in [-0.1, -0.05) is 115 Å². The monoisotopic (exact) mass is 671 g/mol. The molecular formula is C38H42ClN3O4S. The zero-order valence-electron chi connectivity index (χ0n) is 26.9. The van der Waals surface area contributed by atoms with Gasteiger partial charge in [-0.2, -0.15) is 0 Å². The fraction of sp³-hybridized carbons (Fsp3) is 0.316. The van der Waals surface area contributed by atoms with Gasteiger partial charge in [-0.05, 0) is 67.6 Å². The third kappa shape index (κ3) is 8.62. The van der Waals surface area contributed by atoms with E-state index in [9.17, 15) is 18.0 Å². The van der Waals surface area contributed by atoms with Gasteiger partial charge in [-0.3, -0.25) is 13.9 Å². The van der Waals surface area contributed by atoms with Crippen LogP contribution >= 0.6 is 11.6 Å². The Morgan fingerprint density at radius 2 is 1.49 bits per heavy atom. The molecule has 1 atom stereocenters. The summed E-state index contributed by atoms with van der Waals surface area (Å²) in [7, 11) is -4.17. The maximum absolute atomic E-state index is 14.7. The number of amides is 2. The molecule has 0 saturated heterocycles. The maximum atomic E-state index is 14.7. The summed E-state index contributed by atoms with van der Waals surface area (Å²) in [6, 6.07) is 29.5. The van der Waals surface area contributed by atoms with Crippen LogP contribution < -0.4 is 9.62 Å². The third-order valence-corrected chi connectivity index (χ3v) is 10.9. The second-order valence-electron chi connectivity index (χ2n) is 12.3. The van der Waals surface area contributed by atoms with Gasteiger partial charge < -0.3 is 10.2 Å². The molecule has 7 nitrogen and oxygen atoms in total. The Labute approximate surface area is 283 Å². The standard InChI is InChI=1S/C38H42ClN3O4S/c1-28-22-23-35(29(2)24-28)42(47(45,46)33-19-10-5-11-20-33)27-37(43)41(26-31-16-12-13-21-34(31)39)36(25-30-14-6-3-7-15-30)38(44)40-32-17-8-4-9-18-32/h3,5-7,10-16,19-24,32,36H,4,8-9,17-18,25-27H2,1-2H3,(H,40,44)/t36-/m1/s1. The lowest BCUT2D eigenvalue weighted by molar-refractivity contribution is -0.140. The van der Waals surface area contributed by atoms with E-state index in [1.807, 2.05) is 74.5 Å². The van der Waals surface area contributed by atoms with Gasteiger partial charge in [-0.15, -0.1) is 0 Å². The van der Waals surface area contributed by atoms with Crippen LogP contribution in [0.4, 0.5) is 5.69 Å². The number of nitrogens with zero attached hydrogens (tertiary/aromatic N) is 2. The lowest BCUT2D eigenvalue weighted by Gasteiger charge is -2.35. The van der Waals surface area contributed by atoms with E-state index in [4.69, 9.17) is 11.6 Å². The second kappa shape index (κ2) is 15.6. The summed E-state index contributed by atoms with van der Waals surface area (Å²) in [6.07, 6.45) is 5.25. The van der Waals surface area contributed by atoms with E-state index >= 15 is 0 Å². The number of anilines is 1. The van der Waals surface area contributed by atoms with Crippen LogP contribution in [-0.2, 0) is 32.6 Å². The summed E-state index contributed by atoms with van der Waals surface area (Å²) < 4.78 is 29.7. The Bertz CT molecular complexity index is 1780. The average molecular weight is 672 g/mol. The molecule has 1 fully saturated rings. The number of benzene rings is 4. The molecule has 246 valence electrons. The maximum Gasteiger partial charge on any atom is 0.264 e. The van der Waals surface area contributed by atoms with Crippen LogP contribution in [0.1, 0.15) is 54.4 Å². The van der Waals surface area contributed by atoms with Crippen molar-refractivity contribution >= 4 is 39.1 Å². The summed E-state index contributed by atoms with van der Waals surface area (Å²) in [5, 5.41) is 3.69. The van der Waals surface area contributed by atoms with Crippen molar-refractivity contribution in [1.29, 1.82) is 0 Å². The van der Waals surface area contributed by atoms with E-state index < -0.39 is 28.5 Å². The first kappa shape index (κ1) is 34.2. The van der Waals surface area contributed by atoms with Gasteiger partial charge in [0.1, 0.15) is 12.6 Å². The minimum Gasteiger partial charge on any atom is -0.352 e. The highest BCUT2D eigenvalue weighted by atomic mass is 35.5. The second-order valence-corrected chi connectivity index (χ2v) is 14.5. The van der Waals surface area contributed by atoms with Gasteiger partial charge in [-0.25, -0.2) is 8.42 Å². The fourth-order valence-electron chi connectivity index (χ4n) is 6.23. The summed E-state index contributed by atoms with van der Waals surface area (Å²) >= 11 is 6.62. The van der Waals surface area contributed by atoms with Crippen LogP contribution in [0.3, 0.4) is 0 Å². The van der Waals surface area contributed by atoms with Gasteiger partial charge in [0.05, 0.1) is 10.6 Å². The minimum atomic E-state index is -4.17. The van der Waals surface area contributed by atoms with Crippen LogP contribution in [0.5, 0.6) is 0 Å². The number of carbonyl (C=O) groups excluding carboxylic acids is 2. The lowest BCUT2D eigenvalue weighted by atomic mass is 9.94. The van der Waals surface area contributed by atoms with Gasteiger partial charge in [0, 0.05) is 24.0 Å². The Balaban J connectivity index is 1.58. The Kier molecular flexibility index (Phi) is 11.4. The molecule has 9 heteroatoms. The molecule has 1 saturated carbocycles. The Morgan fingerprint density at radius 3 is 2.15 bits per heavy atom. The zero-order chi connectivity index (χ0) is 33.4. The molecule has 1 aliphatic rings. The Hall–Kier alpha value is -4.14. The quantitative estimate of drug-likeness (QED) is 0.172. The van der Waals surface area contributed by atoms with Crippen molar-refractivity contribution < 1.29 is 18.0 Å². The molecule has 0 aliphatic heterocycles. The van der Waals surface area contributed by atoms with Gasteiger partial charge in [0.25, 0.3) is 10.0 Å². The molecule has 0 bridgehead atoms. The van der Waals surface area contributed by atoms with Crippen LogP contribution in [0.2, 0.25) is 5.02 Å². The first-order valence-electron chi connectivity index (χ1n) is 16.2. The van der Waals surface area contributed by atoms with E-state index in [0.29, 0.717) is 21.8 Å². The summed E-state index contributed by atoms with van der Waals surface area (Å²) in [4.78, 5) is 30.5. The SMILES string of the molecule is Cc1ccc(N(CC(=O)N(Cc2ccccc2Cl)[C@H](Cc2ccccc2)C(=O)NC2CCCCC2)S(=O)(=O)c2ccccc2)c(C)c1. The average Bonchev–Trinajstić information content (AvgIpc) is 3.07. The van der Waals surface area contributed by atoms with Crippen molar-refractivity contribution in [3.63, 3.8) is 0 Å². The highest BCUT2D eigenvalue weighted by molar-refractivity contribution is 7.92. The normalized spacial score (nSPS) is 14.3. The number of nitrogens with one attached hydrogen (secondary N) is 1. The molecule has 4 aromatic carbocycles. The molecular weight excluding hydrogens is 630 g/mol. The first-order chi connectivity index (χ1) is 22.6. The summed E-state index contributed by atoms with van der Waals surface area (Å²) in [6.45, 7) is 3.29. The molecule has 0 unspecified atom stereocenters. The van der Waals surface area contributed by atoms with Crippen molar-refractivity contribution in [1.82, 2.24) is 10.2 Å². The van der Waals surface area contributed by atoms with E-state index in [1.165, 1.54) is 17.0 Å². The summed E-state index contributed by atoms with van der Waals surface area (Å²) in [5.74, 6) is -0.769. The molecule has 0 spiro atoms. The molecule has 2 amide bonds. The number of halogens is 1. The van der Waals surface area contributed by atoms with Crippen molar-refractivity contribution in [2.45, 2.75) is 75.9 Å². The van der Waals surface area contributed by atoms with E-state index in [0.717, 1.165) is 47.5 Å². The highest BCUT2D eigenvalue weighted by Gasteiger charge is 2.36. The predicted octanol–water partition coefficient (Wildman–Crippen LogP) is 7.24. The summed E-state index contributed by atoms with van der Waals surface area (Å²) in [5.41, 5.74) is 3.63. The number of hydrogen-bond acceptors (Lipinski definition) is 4. The topological polar surface area (TPSA) is 86.8 Å². The fourth-order valence-corrected chi connectivity index (χ4v) is 7.92. The molecule has 47 heavy (non-hydrogen) atoms. The van der Waals surface area contributed by atoms with E-state index in [-0.39, 0.29) is 29.8 Å². The number of rotatable bonds is 12. The number of hydrogen-bond donors (Lipinski definition) is 1. The molecule has 1 aliphatic carbocycles. The molecule has 1 N–H and O–H groups in total. The molecule has 4 aromatic rings. The van der Waals surface area contributed by atoms with Crippen molar-refractivity contribution in [2.75, 3.05) is 10.8 Å². The molecule has 0 heterocycles. The van der Waals surface area contributed by atoms with Crippen LogP contribution in [0.15, 0.2) is 108 Å². The molecule has 0 radical (unpaired) electrons. The van der Waals surface area contributed by atoms with E-state index in [1.54, 1.807) is 30.3 Å². The van der Waals surface area contributed by atoms with Gasteiger partial charge >= 0.3 is 0 Å². The van der Waals surface area contributed by atoms with Crippen LogP contribution in [-0.4, -0.2) is 43.8 Å². The van der Waals surface area contributed by atoms with Gasteiger partial charge in [0.2, 0.25) is 11.8 Å². The number of sulfonamides is 1. The highest BCUT2D eigenvalue weighted by Crippen LogP contribution is 2.29. The van der Waals surface area contributed by atoms with Crippen LogP contribution in [0, 0.1) is 13.8 Å².